The molecule has 0 radical (unpaired) electrons. The minimum Gasteiger partial charge on any atom is -0.497 e. The summed E-state index contributed by atoms with van der Waals surface area (Å²) in [5, 5.41) is 5.54. The van der Waals surface area contributed by atoms with Crippen molar-refractivity contribution in [3.05, 3.63) is 48.0 Å². The van der Waals surface area contributed by atoms with Gasteiger partial charge in [0.15, 0.2) is 0 Å². The molecule has 0 saturated heterocycles. The summed E-state index contributed by atoms with van der Waals surface area (Å²) in [4.78, 5) is 11.9. The van der Waals surface area contributed by atoms with Gasteiger partial charge in [0.2, 0.25) is 0 Å². The van der Waals surface area contributed by atoms with E-state index in [2.05, 4.69) is 10.6 Å². The Morgan fingerprint density at radius 3 is 1.96 bits per heavy atom. The molecule has 2 N–H and O–H groups in total. The molecule has 0 saturated carbocycles. The maximum atomic E-state index is 11.9. The van der Waals surface area contributed by atoms with Gasteiger partial charge in [0.1, 0.15) is 17.2 Å². The lowest BCUT2D eigenvalue weighted by atomic mass is 10.2. The standard InChI is InChI=1S/C17H20N2O4/c1-21-14-6-4-13(5-7-14)19-17(20)18-11-12-8-15(22-2)10-16(9-12)23-3/h4-10H,11H2,1-3H3,(H2,18,19,20). The molecule has 23 heavy (non-hydrogen) atoms. The summed E-state index contributed by atoms with van der Waals surface area (Å²) in [7, 11) is 4.77. The maximum absolute atomic E-state index is 11.9. The molecule has 0 atom stereocenters. The van der Waals surface area contributed by atoms with Crippen molar-refractivity contribution in [3.63, 3.8) is 0 Å². The predicted octanol–water partition coefficient (Wildman–Crippen LogP) is 3.03. The van der Waals surface area contributed by atoms with Crippen LogP contribution >= 0.6 is 0 Å². The van der Waals surface area contributed by atoms with Crippen molar-refractivity contribution in [3.8, 4) is 17.2 Å². The number of anilines is 1. The van der Waals surface area contributed by atoms with Crippen molar-refractivity contribution in [1.82, 2.24) is 5.32 Å². The lowest BCUT2D eigenvalue weighted by molar-refractivity contribution is 0.251. The van der Waals surface area contributed by atoms with E-state index in [4.69, 9.17) is 14.2 Å². The van der Waals surface area contributed by atoms with E-state index >= 15 is 0 Å². The highest BCUT2D eigenvalue weighted by Crippen LogP contribution is 2.22. The minimum absolute atomic E-state index is 0.294. The van der Waals surface area contributed by atoms with Crippen LogP contribution in [0.5, 0.6) is 17.2 Å². The smallest absolute Gasteiger partial charge is 0.319 e. The zero-order valence-electron chi connectivity index (χ0n) is 13.4. The quantitative estimate of drug-likeness (QED) is 0.859. The van der Waals surface area contributed by atoms with Crippen molar-refractivity contribution >= 4 is 11.7 Å². The number of amides is 2. The Morgan fingerprint density at radius 1 is 0.870 bits per heavy atom. The monoisotopic (exact) mass is 316 g/mol. The molecule has 2 amide bonds. The van der Waals surface area contributed by atoms with E-state index in [1.807, 2.05) is 12.1 Å². The van der Waals surface area contributed by atoms with Gasteiger partial charge in [-0.05, 0) is 42.0 Å². The van der Waals surface area contributed by atoms with Crippen LogP contribution in [-0.2, 0) is 6.54 Å². The second-order valence-corrected chi connectivity index (χ2v) is 4.76. The second-order valence-electron chi connectivity index (χ2n) is 4.76. The number of urea groups is 1. The molecule has 0 fully saturated rings. The lowest BCUT2D eigenvalue weighted by Gasteiger charge is -2.11. The molecule has 122 valence electrons. The van der Waals surface area contributed by atoms with Crippen LogP contribution in [0.2, 0.25) is 0 Å². The average Bonchev–Trinajstić information content (AvgIpc) is 2.60. The number of hydrogen-bond donors (Lipinski definition) is 2. The van der Waals surface area contributed by atoms with E-state index in [1.165, 1.54) is 0 Å². The summed E-state index contributed by atoms with van der Waals surface area (Å²) in [6.07, 6.45) is 0. The average molecular weight is 316 g/mol. The summed E-state index contributed by atoms with van der Waals surface area (Å²) < 4.78 is 15.5. The fraction of sp³-hybridized carbons (Fsp3) is 0.235. The maximum Gasteiger partial charge on any atom is 0.319 e. The van der Waals surface area contributed by atoms with Gasteiger partial charge in [0, 0.05) is 18.3 Å². The first-order chi connectivity index (χ1) is 11.1. The van der Waals surface area contributed by atoms with Gasteiger partial charge in [-0.3, -0.25) is 0 Å². The number of benzene rings is 2. The van der Waals surface area contributed by atoms with Crippen molar-refractivity contribution in [2.24, 2.45) is 0 Å². The number of nitrogens with one attached hydrogen (secondary N) is 2. The van der Waals surface area contributed by atoms with E-state index in [0.29, 0.717) is 23.7 Å². The molecule has 0 bridgehead atoms. The molecule has 0 spiro atoms. The highest BCUT2D eigenvalue weighted by molar-refractivity contribution is 5.89. The third kappa shape index (κ3) is 4.81. The first kappa shape index (κ1) is 16.5. The number of carbonyl (C=O) groups is 1. The number of hydrogen-bond acceptors (Lipinski definition) is 4. The largest absolute Gasteiger partial charge is 0.497 e. The molecule has 0 aromatic heterocycles. The van der Waals surface area contributed by atoms with Crippen LogP contribution in [0.4, 0.5) is 10.5 Å². The molecule has 6 heteroatoms. The molecule has 0 heterocycles. The first-order valence-electron chi connectivity index (χ1n) is 7.05. The molecule has 6 nitrogen and oxygen atoms in total. The first-order valence-corrected chi connectivity index (χ1v) is 7.05. The Kier molecular flexibility index (Phi) is 5.68. The third-order valence-electron chi connectivity index (χ3n) is 3.21. The molecule has 2 aromatic rings. The highest BCUT2D eigenvalue weighted by Gasteiger charge is 2.05. The van der Waals surface area contributed by atoms with Crippen LogP contribution in [0.15, 0.2) is 42.5 Å². The zero-order chi connectivity index (χ0) is 16.7. The van der Waals surface area contributed by atoms with Gasteiger partial charge in [0.05, 0.1) is 21.3 Å². The summed E-state index contributed by atoms with van der Waals surface area (Å²) in [6.45, 7) is 0.357. The van der Waals surface area contributed by atoms with Crippen LogP contribution in [0.3, 0.4) is 0 Å². The Hall–Kier alpha value is -2.89. The molecule has 0 aliphatic rings. The Morgan fingerprint density at radius 2 is 1.43 bits per heavy atom. The van der Waals surface area contributed by atoms with Gasteiger partial charge in [-0.25, -0.2) is 4.79 Å². The Balaban J connectivity index is 1.93. The normalized spacial score (nSPS) is 9.87. The highest BCUT2D eigenvalue weighted by atomic mass is 16.5. The Bertz CT molecular complexity index is 634. The number of carbonyl (C=O) groups excluding carboxylic acids is 1. The molecular weight excluding hydrogens is 296 g/mol. The fourth-order valence-corrected chi connectivity index (χ4v) is 2.00. The topological polar surface area (TPSA) is 68.8 Å². The van der Waals surface area contributed by atoms with Crippen molar-refractivity contribution < 1.29 is 19.0 Å². The van der Waals surface area contributed by atoms with Crippen molar-refractivity contribution in [2.75, 3.05) is 26.6 Å². The molecule has 2 rings (SSSR count). The molecule has 0 aliphatic heterocycles. The number of methoxy groups -OCH3 is 3. The van der Waals surface area contributed by atoms with Crippen LogP contribution in [-0.4, -0.2) is 27.4 Å². The molecule has 0 aliphatic carbocycles. The van der Waals surface area contributed by atoms with Gasteiger partial charge in [-0.2, -0.15) is 0 Å². The number of ether oxygens (including phenoxy) is 3. The fourth-order valence-electron chi connectivity index (χ4n) is 2.00. The summed E-state index contributed by atoms with van der Waals surface area (Å²) in [6, 6.07) is 12.3. The SMILES string of the molecule is COc1ccc(NC(=O)NCc2cc(OC)cc(OC)c2)cc1. The summed E-state index contributed by atoms with van der Waals surface area (Å²) in [5.41, 5.74) is 1.57. The van der Waals surface area contributed by atoms with Gasteiger partial charge in [0.25, 0.3) is 0 Å². The third-order valence-corrected chi connectivity index (χ3v) is 3.21. The van der Waals surface area contributed by atoms with E-state index in [-0.39, 0.29) is 6.03 Å². The van der Waals surface area contributed by atoms with E-state index in [0.717, 1.165) is 11.3 Å². The summed E-state index contributed by atoms with van der Waals surface area (Å²) in [5.74, 6) is 2.09. The molecular formula is C17H20N2O4. The summed E-state index contributed by atoms with van der Waals surface area (Å²) >= 11 is 0. The van der Waals surface area contributed by atoms with Gasteiger partial charge < -0.3 is 24.8 Å². The van der Waals surface area contributed by atoms with Crippen LogP contribution in [0.25, 0.3) is 0 Å². The lowest BCUT2D eigenvalue weighted by Crippen LogP contribution is -2.28. The van der Waals surface area contributed by atoms with Gasteiger partial charge >= 0.3 is 6.03 Å². The van der Waals surface area contributed by atoms with E-state index in [9.17, 15) is 4.79 Å². The van der Waals surface area contributed by atoms with Crippen LogP contribution in [0.1, 0.15) is 5.56 Å². The van der Waals surface area contributed by atoms with E-state index in [1.54, 1.807) is 51.7 Å². The second kappa shape index (κ2) is 7.93. The Labute approximate surface area is 135 Å². The van der Waals surface area contributed by atoms with Crippen LogP contribution < -0.4 is 24.8 Å². The molecule has 0 unspecified atom stereocenters. The minimum atomic E-state index is -0.294. The van der Waals surface area contributed by atoms with Crippen LogP contribution in [0, 0.1) is 0 Å². The zero-order valence-corrected chi connectivity index (χ0v) is 13.4. The van der Waals surface area contributed by atoms with Gasteiger partial charge in [-0.15, -0.1) is 0 Å². The number of rotatable bonds is 6. The van der Waals surface area contributed by atoms with Crippen molar-refractivity contribution in [1.29, 1.82) is 0 Å². The van der Waals surface area contributed by atoms with Gasteiger partial charge in [-0.1, -0.05) is 0 Å². The van der Waals surface area contributed by atoms with E-state index < -0.39 is 0 Å². The predicted molar refractivity (Wildman–Crippen MR) is 88.4 cm³/mol. The molecule has 2 aromatic carbocycles. The van der Waals surface area contributed by atoms with Crippen molar-refractivity contribution in [2.45, 2.75) is 6.54 Å².